The smallest absolute Gasteiger partial charge is 0.466 e. The van der Waals surface area contributed by atoms with Crippen LogP contribution in [0.2, 0.25) is 0 Å². The summed E-state index contributed by atoms with van der Waals surface area (Å²) in [5, 5.41) is 13.9. The van der Waals surface area contributed by atoms with Crippen molar-refractivity contribution in [2.75, 3.05) is 6.61 Å². The van der Waals surface area contributed by atoms with Gasteiger partial charge < -0.3 is 14.9 Å². The summed E-state index contributed by atoms with van der Waals surface area (Å²) in [7, 11) is 0. The average molecular weight is 176 g/mol. The van der Waals surface area contributed by atoms with Crippen molar-refractivity contribution in [3.05, 3.63) is 0 Å². The number of carboxylic acid groups (broad SMARTS) is 2. The van der Waals surface area contributed by atoms with E-state index in [0.717, 1.165) is 19.3 Å². The molecule has 0 amide bonds. The van der Waals surface area contributed by atoms with Crippen LogP contribution in [0.4, 0.5) is 4.79 Å². The molecule has 0 aromatic rings. The quantitative estimate of drug-likeness (QED) is 0.544. The van der Waals surface area contributed by atoms with E-state index < -0.39 is 6.16 Å². The fourth-order valence-electron chi connectivity index (χ4n) is 0.806. The molecule has 2 N–H and O–H groups in total. The molecule has 1 fully saturated rings. The van der Waals surface area contributed by atoms with Gasteiger partial charge in [0, 0.05) is 6.42 Å². The Labute approximate surface area is 70.0 Å². The van der Waals surface area contributed by atoms with Gasteiger partial charge in [0.05, 0.1) is 6.61 Å². The van der Waals surface area contributed by atoms with E-state index in [9.17, 15) is 4.79 Å². The standard InChI is InChI=1S/C6H10O2.CH2O3/c7-6-4-2-1-3-5-8-6;2-1(3)4/h1-5H2;(H2,2,3,4). The Bertz CT molecular complexity index is 140. The van der Waals surface area contributed by atoms with E-state index in [-0.39, 0.29) is 5.97 Å². The molecule has 0 aromatic carbocycles. The van der Waals surface area contributed by atoms with Crippen molar-refractivity contribution in [1.82, 2.24) is 0 Å². The van der Waals surface area contributed by atoms with Crippen molar-refractivity contribution < 1.29 is 24.5 Å². The number of esters is 1. The third-order valence-electron chi connectivity index (χ3n) is 1.29. The van der Waals surface area contributed by atoms with Crippen LogP contribution in [0.3, 0.4) is 0 Å². The molecule has 1 heterocycles. The monoisotopic (exact) mass is 176 g/mol. The predicted octanol–water partition coefficient (Wildman–Crippen LogP) is 1.33. The Balaban J connectivity index is 0.000000261. The van der Waals surface area contributed by atoms with Gasteiger partial charge in [0.2, 0.25) is 0 Å². The first kappa shape index (κ1) is 10.7. The van der Waals surface area contributed by atoms with E-state index in [4.69, 9.17) is 19.7 Å². The van der Waals surface area contributed by atoms with Crippen LogP contribution in [0.5, 0.6) is 0 Å². The normalized spacial score (nSPS) is 16.5. The molecule has 0 atom stereocenters. The van der Waals surface area contributed by atoms with Crippen molar-refractivity contribution in [3.8, 4) is 0 Å². The highest BCUT2D eigenvalue weighted by molar-refractivity contribution is 5.69. The first-order chi connectivity index (χ1) is 5.63. The molecule has 0 spiro atoms. The van der Waals surface area contributed by atoms with Crippen molar-refractivity contribution in [1.29, 1.82) is 0 Å². The summed E-state index contributed by atoms with van der Waals surface area (Å²) in [4.78, 5) is 19.0. The van der Waals surface area contributed by atoms with Gasteiger partial charge in [0.1, 0.15) is 0 Å². The lowest BCUT2D eigenvalue weighted by Crippen LogP contribution is -2.00. The number of rotatable bonds is 0. The van der Waals surface area contributed by atoms with Crippen LogP contribution in [0, 0.1) is 0 Å². The van der Waals surface area contributed by atoms with Crippen molar-refractivity contribution in [3.63, 3.8) is 0 Å². The molecule has 1 rings (SSSR count). The second-order valence-corrected chi connectivity index (χ2v) is 2.31. The van der Waals surface area contributed by atoms with E-state index in [2.05, 4.69) is 0 Å². The van der Waals surface area contributed by atoms with Gasteiger partial charge in [-0.05, 0) is 19.3 Å². The lowest BCUT2D eigenvalue weighted by Gasteiger charge is -1.93. The first-order valence-corrected chi connectivity index (χ1v) is 3.70. The summed E-state index contributed by atoms with van der Waals surface area (Å²) in [6, 6.07) is 0. The van der Waals surface area contributed by atoms with Crippen LogP contribution in [0.1, 0.15) is 25.7 Å². The molecule has 5 nitrogen and oxygen atoms in total. The number of hydrogen-bond donors (Lipinski definition) is 2. The first-order valence-electron chi connectivity index (χ1n) is 3.70. The van der Waals surface area contributed by atoms with Crippen molar-refractivity contribution in [2.24, 2.45) is 0 Å². The third kappa shape index (κ3) is 8.74. The summed E-state index contributed by atoms with van der Waals surface area (Å²) >= 11 is 0. The van der Waals surface area contributed by atoms with Crippen molar-refractivity contribution in [2.45, 2.75) is 25.7 Å². The second kappa shape index (κ2) is 6.45. The summed E-state index contributed by atoms with van der Waals surface area (Å²) in [6.45, 7) is 0.638. The van der Waals surface area contributed by atoms with Gasteiger partial charge in [-0.25, -0.2) is 4.79 Å². The van der Waals surface area contributed by atoms with Gasteiger partial charge >= 0.3 is 12.1 Å². The molecule has 0 bridgehead atoms. The van der Waals surface area contributed by atoms with E-state index in [0.29, 0.717) is 13.0 Å². The Morgan fingerprint density at radius 1 is 1.25 bits per heavy atom. The van der Waals surface area contributed by atoms with Gasteiger partial charge in [0.15, 0.2) is 0 Å². The molecule has 0 saturated carbocycles. The zero-order valence-electron chi connectivity index (χ0n) is 6.65. The number of carbonyl (C=O) groups is 2. The van der Waals surface area contributed by atoms with Crippen LogP contribution in [0.15, 0.2) is 0 Å². The minimum absolute atomic E-state index is 0.0255. The summed E-state index contributed by atoms with van der Waals surface area (Å²) in [5.41, 5.74) is 0. The average Bonchev–Trinajstić information content (AvgIpc) is 2.14. The molecule has 12 heavy (non-hydrogen) atoms. The van der Waals surface area contributed by atoms with Crippen LogP contribution in [-0.2, 0) is 9.53 Å². The number of carbonyl (C=O) groups excluding carboxylic acids is 1. The highest BCUT2D eigenvalue weighted by Crippen LogP contribution is 2.06. The maximum atomic E-state index is 10.5. The molecule has 0 aromatic heterocycles. The molecular weight excluding hydrogens is 164 g/mol. The Morgan fingerprint density at radius 3 is 2.42 bits per heavy atom. The Kier molecular flexibility index (Phi) is 5.77. The fourth-order valence-corrected chi connectivity index (χ4v) is 0.806. The molecule has 70 valence electrons. The molecule has 1 aliphatic heterocycles. The maximum absolute atomic E-state index is 10.5. The lowest BCUT2D eigenvalue weighted by molar-refractivity contribution is -0.142. The van der Waals surface area contributed by atoms with Crippen LogP contribution >= 0.6 is 0 Å². The lowest BCUT2D eigenvalue weighted by atomic mass is 10.2. The zero-order chi connectivity index (χ0) is 9.40. The van der Waals surface area contributed by atoms with Gasteiger partial charge in [0.25, 0.3) is 0 Å². The van der Waals surface area contributed by atoms with E-state index in [1.54, 1.807) is 0 Å². The maximum Gasteiger partial charge on any atom is 0.503 e. The molecule has 0 unspecified atom stereocenters. The van der Waals surface area contributed by atoms with Gasteiger partial charge in [-0.1, -0.05) is 0 Å². The van der Waals surface area contributed by atoms with Crippen LogP contribution in [0.25, 0.3) is 0 Å². The number of hydrogen-bond acceptors (Lipinski definition) is 3. The van der Waals surface area contributed by atoms with Gasteiger partial charge in [-0.2, -0.15) is 0 Å². The number of cyclic esters (lactones) is 1. The van der Waals surface area contributed by atoms with Crippen molar-refractivity contribution >= 4 is 12.1 Å². The molecule has 1 aliphatic rings. The summed E-state index contributed by atoms with van der Waals surface area (Å²) < 4.78 is 4.76. The summed E-state index contributed by atoms with van der Waals surface area (Å²) in [5.74, 6) is -0.0255. The topological polar surface area (TPSA) is 83.8 Å². The highest BCUT2D eigenvalue weighted by atomic mass is 16.6. The Morgan fingerprint density at radius 2 is 1.83 bits per heavy atom. The van der Waals surface area contributed by atoms with Crippen LogP contribution < -0.4 is 0 Å². The fraction of sp³-hybridized carbons (Fsp3) is 0.714. The van der Waals surface area contributed by atoms with Gasteiger partial charge in [-0.3, -0.25) is 4.79 Å². The number of ether oxygens (including phenoxy) is 1. The largest absolute Gasteiger partial charge is 0.503 e. The third-order valence-corrected chi connectivity index (χ3v) is 1.29. The van der Waals surface area contributed by atoms with Crippen LogP contribution in [-0.4, -0.2) is 28.9 Å². The summed E-state index contributed by atoms with van der Waals surface area (Å²) in [6.07, 6.45) is 2.00. The zero-order valence-corrected chi connectivity index (χ0v) is 6.65. The molecule has 1 saturated heterocycles. The molecule has 5 heteroatoms. The Hall–Kier alpha value is -1.26. The van der Waals surface area contributed by atoms with Gasteiger partial charge in [-0.15, -0.1) is 0 Å². The predicted molar refractivity (Wildman–Crippen MR) is 40.1 cm³/mol. The SMILES string of the molecule is O=C(O)O.O=C1CCCCCO1. The van der Waals surface area contributed by atoms with E-state index >= 15 is 0 Å². The second-order valence-electron chi connectivity index (χ2n) is 2.31. The molecular formula is C7H12O5. The van der Waals surface area contributed by atoms with E-state index in [1.807, 2.05) is 0 Å². The van der Waals surface area contributed by atoms with E-state index in [1.165, 1.54) is 0 Å². The molecule has 0 aliphatic carbocycles. The highest BCUT2D eigenvalue weighted by Gasteiger charge is 2.05. The minimum Gasteiger partial charge on any atom is -0.466 e. The minimum atomic E-state index is -1.83. The molecule has 0 radical (unpaired) electrons.